The summed E-state index contributed by atoms with van der Waals surface area (Å²) < 4.78 is 13.1. The molecule has 0 saturated carbocycles. The van der Waals surface area contributed by atoms with Gasteiger partial charge in [-0.3, -0.25) is 4.79 Å². The van der Waals surface area contributed by atoms with Crippen LogP contribution in [0.2, 0.25) is 0 Å². The highest BCUT2D eigenvalue weighted by Gasteiger charge is 2.22. The molecular weight excluding hydrogens is 357 g/mol. The first-order chi connectivity index (χ1) is 13.6. The van der Waals surface area contributed by atoms with E-state index in [-0.39, 0.29) is 11.7 Å². The summed E-state index contributed by atoms with van der Waals surface area (Å²) in [7, 11) is 2.07. The van der Waals surface area contributed by atoms with Crippen LogP contribution in [0.1, 0.15) is 10.5 Å². The van der Waals surface area contributed by atoms with E-state index >= 15 is 0 Å². The van der Waals surface area contributed by atoms with Crippen LogP contribution in [-0.4, -0.2) is 80.1 Å². The summed E-state index contributed by atoms with van der Waals surface area (Å²) in [5, 5.41) is 0. The molecule has 2 fully saturated rings. The van der Waals surface area contributed by atoms with E-state index in [4.69, 9.17) is 0 Å². The number of aromatic nitrogens is 1. The molecule has 2 aromatic rings. The molecule has 0 atom stereocenters. The minimum atomic E-state index is -0.209. The first-order valence-electron chi connectivity index (χ1n) is 9.79. The minimum absolute atomic E-state index is 0.0146. The number of hydrogen-bond donors (Lipinski definition) is 0. The van der Waals surface area contributed by atoms with Crippen molar-refractivity contribution in [3.63, 3.8) is 0 Å². The van der Waals surface area contributed by atoms with Crippen molar-refractivity contribution in [3.05, 3.63) is 54.1 Å². The number of nitrogens with zero attached hydrogens (tertiary/aromatic N) is 5. The highest BCUT2D eigenvalue weighted by Crippen LogP contribution is 2.21. The Bertz CT molecular complexity index is 795. The van der Waals surface area contributed by atoms with Gasteiger partial charge < -0.3 is 19.6 Å². The van der Waals surface area contributed by atoms with E-state index in [0.29, 0.717) is 5.69 Å². The average Bonchev–Trinajstić information content (AvgIpc) is 2.75. The molecule has 2 aliphatic rings. The Hall–Kier alpha value is -2.67. The Morgan fingerprint density at radius 2 is 1.39 bits per heavy atom. The van der Waals surface area contributed by atoms with Crippen LogP contribution in [0.3, 0.4) is 0 Å². The Balaban J connectivity index is 1.34. The number of halogens is 1. The lowest BCUT2D eigenvalue weighted by molar-refractivity contribution is 0.0658. The maximum Gasteiger partial charge on any atom is 0.272 e. The van der Waals surface area contributed by atoms with Crippen LogP contribution in [0.5, 0.6) is 0 Å². The van der Waals surface area contributed by atoms with Crippen molar-refractivity contribution in [1.82, 2.24) is 14.8 Å². The predicted octanol–water partition coefficient (Wildman–Crippen LogP) is 1.93. The molecular formula is C21H26FN5O. The van der Waals surface area contributed by atoms with Crippen LogP contribution in [0, 0.1) is 5.82 Å². The summed E-state index contributed by atoms with van der Waals surface area (Å²) in [5.41, 5.74) is 2.60. The fourth-order valence-corrected chi connectivity index (χ4v) is 3.75. The second-order valence-electron chi connectivity index (χ2n) is 7.45. The van der Waals surface area contributed by atoms with Gasteiger partial charge >= 0.3 is 0 Å². The van der Waals surface area contributed by atoms with Gasteiger partial charge in [-0.05, 0) is 43.4 Å². The van der Waals surface area contributed by atoms with Crippen molar-refractivity contribution in [3.8, 4) is 0 Å². The molecule has 2 aliphatic heterocycles. The topological polar surface area (TPSA) is 42.9 Å². The Kier molecular flexibility index (Phi) is 5.43. The molecule has 1 aromatic heterocycles. The summed E-state index contributed by atoms with van der Waals surface area (Å²) in [4.78, 5) is 25.7. The quantitative estimate of drug-likeness (QED) is 0.810. The maximum absolute atomic E-state index is 13.1. The summed E-state index contributed by atoms with van der Waals surface area (Å²) >= 11 is 0. The highest BCUT2D eigenvalue weighted by molar-refractivity contribution is 5.92. The fourth-order valence-electron chi connectivity index (χ4n) is 3.75. The van der Waals surface area contributed by atoms with E-state index in [9.17, 15) is 9.18 Å². The molecule has 0 spiro atoms. The van der Waals surface area contributed by atoms with Crippen molar-refractivity contribution in [1.29, 1.82) is 0 Å². The average molecular weight is 383 g/mol. The van der Waals surface area contributed by atoms with E-state index in [2.05, 4.69) is 26.7 Å². The minimum Gasteiger partial charge on any atom is -0.368 e. The molecule has 0 bridgehead atoms. The molecule has 0 N–H and O–H groups in total. The van der Waals surface area contributed by atoms with Gasteiger partial charge in [-0.25, -0.2) is 9.37 Å². The molecule has 3 heterocycles. The Labute approximate surface area is 165 Å². The first-order valence-corrected chi connectivity index (χ1v) is 9.79. The van der Waals surface area contributed by atoms with Crippen LogP contribution < -0.4 is 9.80 Å². The van der Waals surface area contributed by atoms with Crippen molar-refractivity contribution < 1.29 is 9.18 Å². The van der Waals surface area contributed by atoms with Crippen molar-refractivity contribution in [2.45, 2.75) is 0 Å². The third kappa shape index (κ3) is 4.09. The number of piperazine rings is 2. The highest BCUT2D eigenvalue weighted by atomic mass is 19.1. The van der Waals surface area contributed by atoms with E-state index < -0.39 is 0 Å². The molecule has 6 nitrogen and oxygen atoms in total. The van der Waals surface area contributed by atoms with E-state index in [1.54, 1.807) is 6.20 Å². The van der Waals surface area contributed by atoms with E-state index in [1.807, 2.05) is 29.2 Å². The van der Waals surface area contributed by atoms with Crippen molar-refractivity contribution >= 4 is 17.3 Å². The smallest absolute Gasteiger partial charge is 0.272 e. The van der Waals surface area contributed by atoms with Crippen LogP contribution in [0.4, 0.5) is 15.8 Å². The third-order valence-corrected chi connectivity index (χ3v) is 5.59. The zero-order valence-corrected chi connectivity index (χ0v) is 16.2. The second-order valence-corrected chi connectivity index (χ2v) is 7.45. The lowest BCUT2D eigenvalue weighted by Crippen LogP contribution is -2.47. The molecule has 1 amide bonds. The number of carbonyl (C=O) groups excluding carboxylic acids is 1. The van der Waals surface area contributed by atoms with Crippen molar-refractivity contribution in [2.75, 3.05) is 69.2 Å². The van der Waals surface area contributed by atoms with E-state index in [0.717, 1.165) is 63.7 Å². The van der Waals surface area contributed by atoms with Gasteiger partial charge in [0.1, 0.15) is 11.5 Å². The fraction of sp³-hybridized carbons (Fsp3) is 0.429. The molecule has 28 heavy (non-hydrogen) atoms. The maximum atomic E-state index is 13.1. The number of pyridine rings is 1. The second kappa shape index (κ2) is 8.14. The number of rotatable bonds is 3. The number of likely N-dealkylation sites (N-methyl/N-ethyl adjacent to an activating group) is 1. The Morgan fingerprint density at radius 1 is 0.821 bits per heavy atom. The lowest BCUT2D eigenvalue weighted by Gasteiger charge is -2.37. The molecule has 1 aromatic carbocycles. The molecule has 7 heteroatoms. The first kappa shape index (κ1) is 18.7. The van der Waals surface area contributed by atoms with Gasteiger partial charge in [0.05, 0.1) is 11.9 Å². The lowest BCUT2D eigenvalue weighted by atomic mass is 10.2. The number of hydrogen-bond acceptors (Lipinski definition) is 5. The van der Waals surface area contributed by atoms with Crippen LogP contribution >= 0.6 is 0 Å². The van der Waals surface area contributed by atoms with Crippen LogP contribution in [-0.2, 0) is 0 Å². The van der Waals surface area contributed by atoms with Gasteiger partial charge in [0.15, 0.2) is 0 Å². The zero-order valence-electron chi connectivity index (χ0n) is 16.2. The summed E-state index contributed by atoms with van der Waals surface area (Å²) in [6.07, 6.45) is 1.80. The predicted molar refractivity (Wildman–Crippen MR) is 108 cm³/mol. The number of benzene rings is 1. The van der Waals surface area contributed by atoms with E-state index in [1.165, 1.54) is 12.1 Å². The normalized spacial score (nSPS) is 18.4. The molecule has 2 saturated heterocycles. The van der Waals surface area contributed by atoms with Gasteiger partial charge in [0, 0.05) is 58.0 Å². The van der Waals surface area contributed by atoms with Gasteiger partial charge in [-0.15, -0.1) is 0 Å². The Morgan fingerprint density at radius 3 is 1.96 bits per heavy atom. The monoisotopic (exact) mass is 383 g/mol. The molecule has 148 valence electrons. The molecule has 0 unspecified atom stereocenters. The summed E-state index contributed by atoms with van der Waals surface area (Å²) in [5.74, 6) is -0.194. The van der Waals surface area contributed by atoms with Crippen molar-refractivity contribution in [2.24, 2.45) is 0 Å². The van der Waals surface area contributed by atoms with Crippen LogP contribution in [0.15, 0.2) is 42.6 Å². The number of anilines is 2. The van der Waals surface area contributed by atoms with Gasteiger partial charge in [0.2, 0.25) is 0 Å². The zero-order chi connectivity index (χ0) is 19.5. The number of carbonyl (C=O) groups is 1. The third-order valence-electron chi connectivity index (χ3n) is 5.59. The van der Waals surface area contributed by atoms with Crippen LogP contribution in [0.25, 0.3) is 0 Å². The van der Waals surface area contributed by atoms with Gasteiger partial charge in [0.25, 0.3) is 5.91 Å². The SMILES string of the molecule is CN1CCN(C(=O)c2ccc(N3CCN(c4ccc(F)cc4)CC3)cn2)CC1. The summed E-state index contributed by atoms with van der Waals surface area (Å²) in [6, 6.07) is 10.5. The standard InChI is InChI=1S/C21H26FN5O/c1-24-8-10-27(11-9-24)21(28)20-7-6-19(16-23-20)26-14-12-25(13-15-26)18-4-2-17(22)3-5-18/h2-7,16H,8-15H2,1H3. The molecule has 0 aliphatic carbocycles. The van der Waals surface area contributed by atoms with Gasteiger partial charge in [-0.1, -0.05) is 0 Å². The molecule has 0 radical (unpaired) electrons. The number of amides is 1. The molecule has 4 rings (SSSR count). The largest absolute Gasteiger partial charge is 0.368 e. The van der Waals surface area contributed by atoms with Gasteiger partial charge in [-0.2, -0.15) is 0 Å². The summed E-state index contributed by atoms with van der Waals surface area (Å²) in [6.45, 7) is 6.79.